The molecule has 1 aliphatic heterocycles. The van der Waals surface area contributed by atoms with Crippen molar-refractivity contribution in [1.82, 2.24) is 9.88 Å². The molecule has 1 aromatic heterocycles. The molecule has 1 atom stereocenters. The molecule has 3 rings (SSSR count). The van der Waals surface area contributed by atoms with E-state index in [2.05, 4.69) is 11.9 Å². The van der Waals surface area contributed by atoms with Crippen molar-refractivity contribution >= 4 is 29.1 Å². The van der Waals surface area contributed by atoms with E-state index in [0.29, 0.717) is 23.5 Å². The number of aromatic nitrogens is 1. The number of amides is 2. The number of likely N-dealkylation sites (tertiary alicyclic amines) is 1. The number of primary amides is 1. The van der Waals surface area contributed by atoms with E-state index in [4.69, 9.17) is 10.5 Å². The number of piperidine rings is 1. The van der Waals surface area contributed by atoms with Crippen LogP contribution < -0.4 is 5.73 Å². The summed E-state index contributed by atoms with van der Waals surface area (Å²) in [5.74, 6) is -1.52. The van der Waals surface area contributed by atoms with Gasteiger partial charge < -0.3 is 15.4 Å². The molecule has 0 bridgehead atoms. The van der Waals surface area contributed by atoms with E-state index in [1.165, 1.54) is 21.8 Å². The predicted octanol–water partition coefficient (Wildman–Crippen LogP) is 2.70. The number of hydrogen-bond donors (Lipinski definition) is 1. The molecule has 1 fully saturated rings. The zero-order valence-corrected chi connectivity index (χ0v) is 17.5. The van der Waals surface area contributed by atoms with Crippen LogP contribution in [-0.2, 0) is 20.7 Å². The van der Waals surface area contributed by atoms with Crippen molar-refractivity contribution < 1.29 is 19.1 Å². The molecular formula is C21H25N3O4S. The Morgan fingerprint density at radius 2 is 1.97 bits per heavy atom. The summed E-state index contributed by atoms with van der Waals surface area (Å²) in [6, 6.07) is 7.41. The summed E-state index contributed by atoms with van der Waals surface area (Å²) in [7, 11) is 0. The number of hydrogen-bond acceptors (Lipinski definition) is 6. The van der Waals surface area contributed by atoms with Crippen molar-refractivity contribution in [3.8, 4) is 10.6 Å². The second-order valence-electron chi connectivity index (χ2n) is 7.06. The molecule has 1 aliphatic rings. The average molecular weight is 416 g/mol. The van der Waals surface area contributed by atoms with Gasteiger partial charge in [-0.25, -0.2) is 9.78 Å². The van der Waals surface area contributed by atoms with E-state index in [0.717, 1.165) is 29.8 Å². The fourth-order valence-electron chi connectivity index (χ4n) is 3.39. The van der Waals surface area contributed by atoms with Gasteiger partial charge in [-0.1, -0.05) is 31.2 Å². The van der Waals surface area contributed by atoms with Crippen molar-refractivity contribution in [3.63, 3.8) is 0 Å². The van der Waals surface area contributed by atoms with Crippen molar-refractivity contribution in [1.29, 1.82) is 0 Å². The summed E-state index contributed by atoms with van der Waals surface area (Å²) < 4.78 is 5.23. The number of nitrogens with two attached hydrogens (primary N) is 1. The van der Waals surface area contributed by atoms with Gasteiger partial charge in [0.15, 0.2) is 6.61 Å². The van der Waals surface area contributed by atoms with E-state index in [9.17, 15) is 14.4 Å². The minimum Gasteiger partial charge on any atom is -0.451 e. The van der Waals surface area contributed by atoms with Gasteiger partial charge in [-0.2, -0.15) is 0 Å². The van der Waals surface area contributed by atoms with Crippen molar-refractivity contribution in [2.45, 2.75) is 45.6 Å². The summed E-state index contributed by atoms with van der Waals surface area (Å²) in [6.07, 6.45) is 3.15. The number of benzene rings is 1. The molecule has 154 valence electrons. The van der Waals surface area contributed by atoms with Gasteiger partial charge >= 0.3 is 5.97 Å². The van der Waals surface area contributed by atoms with Gasteiger partial charge in [0.1, 0.15) is 15.9 Å². The standard InChI is InChI=1S/C21H25N3O4S/c1-3-14-7-9-15(10-8-14)20-23-13(2)18(29-20)21(27)28-12-17(25)24-11-5-4-6-16(24)19(22)26/h7-10,16H,3-6,11-12H2,1-2H3,(H2,22,26)/t16-/m1/s1. The molecule has 0 saturated carbocycles. The van der Waals surface area contributed by atoms with Crippen LogP contribution in [-0.4, -0.2) is 46.9 Å². The van der Waals surface area contributed by atoms with E-state index < -0.39 is 30.4 Å². The lowest BCUT2D eigenvalue weighted by Crippen LogP contribution is -2.51. The van der Waals surface area contributed by atoms with Crippen LogP contribution in [0.2, 0.25) is 0 Å². The van der Waals surface area contributed by atoms with Gasteiger partial charge in [0.25, 0.3) is 5.91 Å². The summed E-state index contributed by atoms with van der Waals surface area (Å²) in [5.41, 5.74) is 8.12. The predicted molar refractivity (Wildman–Crippen MR) is 110 cm³/mol. The number of aryl methyl sites for hydroxylation is 2. The van der Waals surface area contributed by atoms with Crippen LogP contribution in [0.1, 0.15) is 47.1 Å². The molecule has 0 spiro atoms. The minimum atomic E-state index is -0.627. The molecule has 0 aliphatic carbocycles. The van der Waals surface area contributed by atoms with Crippen molar-refractivity contribution in [2.24, 2.45) is 5.73 Å². The van der Waals surface area contributed by atoms with Crippen LogP contribution in [0, 0.1) is 6.92 Å². The monoisotopic (exact) mass is 415 g/mol. The Balaban J connectivity index is 1.65. The molecule has 1 aromatic carbocycles. The van der Waals surface area contributed by atoms with Crippen LogP contribution in [0.4, 0.5) is 0 Å². The lowest BCUT2D eigenvalue weighted by Gasteiger charge is -2.33. The van der Waals surface area contributed by atoms with Crippen LogP contribution in [0.25, 0.3) is 10.6 Å². The van der Waals surface area contributed by atoms with E-state index in [1.54, 1.807) is 6.92 Å². The highest BCUT2D eigenvalue weighted by atomic mass is 32.1. The maximum atomic E-state index is 12.5. The Morgan fingerprint density at radius 3 is 2.62 bits per heavy atom. The van der Waals surface area contributed by atoms with E-state index in [1.807, 2.05) is 24.3 Å². The van der Waals surface area contributed by atoms with E-state index in [-0.39, 0.29) is 0 Å². The maximum absolute atomic E-state index is 12.5. The van der Waals surface area contributed by atoms with Gasteiger partial charge in [0.05, 0.1) is 5.69 Å². The number of esters is 1. The average Bonchev–Trinajstić information content (AvgIpc) is 3.13. The molecule has 2 aromatic rings. The van der Waals surface area contributed by atoms with Gasteiger partial charge in [-0.15, -0.1) is 11.3 Å². The normalized spacial score (nSPS) is 16.5. The lowest BCUT2D eigenvalue weighted by atomic mass is 10.0. The van der Waals surface area contributed by atoms with Crippen LogP contribution in [0.5, 0.6) is 0 Å². The largest absolute Gasteiger partial charge is 0.451 e. The molecule has 8 heteroatoms. The highest BCUT2D eigenvalue weighted by Gasteiger charge is 2.31. The minimum absolute atomic E-state index is 0.373. The number of ether oxygens (including phenoxy) is 1. The van der Waals surface area contributed by atoms with Crippen LogP contribution >= 0.6 is 11.3 Å². The fraction of sp³-hybridized carbons (Fsp3) is 0.429. The molecule has 1 saturated heterocycles. The summed E-state index contributed by atoms with van der Waals surface area (Å²) in [5, 5.41) is 0.730. The Hall–Kier alpha value is -2.74. The Bertz CT molecular complexity index is 907. The molecule has 7 nitrogen and oxygen atoms in total. The summed E-state index contributed by atoms with van der Waals surface area (Å²) in [6.45, 7) is 3.86. The highest BCUT2D eigenvalue weighted by Crippen LogP contribution is 2.29. The second-order valence-corrected chi connectivity index (χ2v) is 8.06. The van der Waals surface area contributed by atoms with E-state index >= 15 is 0 Å². The van der Waals surface area contributed by atoms with Crippen molar-refractivity contribution in [3.05, 3.63) is 40.4 Å². The zero-order valence-electron chi connectivity index (χ0n) is 16.6. The maximum Gasteiger partial charge on any atom is 0.350 e. The third kappa shape index (κ3) is 4.82. The molecule has 2 heterocycles. The molecule has 2 N–H and O–H groups in total. The third-order valence-corrected chi connectivity index (χ3v) is 6.26. The van der Waals surface area contributed by atoms with Gasteiger partial charge in [-0.05, 0) is 38.2 Å². The fourth-order valence-corrected chi connectivity index (χ4v) is 4.36. The Kier molecular flexibility index (Phi) is 6.64. The van der Waals surface area contributed by atoms with Gasteiger partial charge in [0, 0.05) is 12.1 Å². The van der Waals surface area contributed by atoms with Gasteiger partial charge in [-0.3, -0.25) is 9.59 Å². The topological polar surface area (TPSA) is 103 Å². The van der Waals surface area contributed by atoms with Crippen LogP contribution in [0.15, 0.2) is 24.3 Å². The van der Waals surface area contributed by atoms with Gasteiger partial charge in [0.2, 0.25) is 5.91 Å². The first-order valence-corrected chi connectivity index (χ1v) is 10.5. The highest BCUT2D eigenvalue weighted by molar-refractivity contribution is 7.17. The molecule has 29 heavy (non-hydrogen) atoms. The smallest absolute Gasteiger partial charge is 0.350 e. The number of carbonyl (C=O) groups excluding carboxylic acids is 3. The SMILES string of the molecule is CCc1ccc(-c2nc(C)c(C(=O)OCC(=O)N3CCCC[C@@H]3C(N)=O)s2)cc1. The summed E-state index contributed by atoms with van der Waals surface area (Å²) >= 11 is 1.24. The Morgan fingerprint density at radius 1 is 1.24 bits per heavy atom. The molecular weight excluding hydrogens is 390 g/mol. The number of nitrogens with zero attached hydrogens (tertiary/aromatic N) is 2. The first kappa shape index (κ1) is 21.0. The quantitative estimate of drug-likeness (QED) is 0.731. The molecule has 2 amide bonds. The van der Waals surface area contributed by atoms with Crippen molar-refractivity contribution in [2.75, 3.05) is 13.2 Å². The number of thiazole rings is 1. The molecule has 0 unspecified atom stereocenters. The summed E-state index contributed by atoms with van der Waals surface area (Å²) in [4.78, 5) is 42.8. The zero-order chi connectivity index (χ0) is 21.0. The number of rotatable bonds is 6. The number of carbonyl (C=O) groups is 3. The second kappa shape index (κ2) is 9.17. The first-order valence-electron chi connectivity index (χ1n) is 9.73. The van der Waals surface area contributed by atoms with Crippen LogP contribution in [0.3, 0.4) is 0 Å². The first-order chi connectivity index (χ1) is 13.9. The third-order valence-electron chi connectivity index (χ3n) is 5.07. The molecule has 0 radical (unpaired) electrons. The lowest BCUT2D eigenvalue weighted by molar-refractivity contribution is -0.143. The Labute approximate surface area is 173 Å².